The lowest BCUT2D eigenvalue weighted by atomic mass is 9.45. The molecule has 5 rings (SSSR count). The Bertz CT molecular complexity index is 812. The molecule has 1 N–H and O–H groups in total. The number of hydrogen-bond donors (Lipinski definition) is 1. The first kappa shape index (κ1) is 16.6. The summed E-state index contributed by atoms with van der Waals surface area (Å²) in [4.78, 5) is 12.4. The molecule has 2 fully saturated rings. The van der Waals surface area contributed by atoms with E-state index in [1.807, 2.05) is 6.08 Å². The predicted octanol–water partition coefficient (Wildman–Crippen LogP) is 4.18. The van der Waals surface area contributed by atoms with Crippen LogP contribution in [0.2, 0.25) is 0 Å². The fourth-order valence-corrected chi connectivity index (χ4v) is 7.01. The van der Waals surface area contributed by atoms with Crippen molar-refractivity contribution < 1.29 is 14.6 Å². The minimum absolute atomic E-state index is 0.0472. The molecular weight excluding hydrogens is 324 g/mol. The van der Waals surface area contributed by atoms with Crippen molar-refractivity contribution in [1.82, 2.24) is 0 Å². The lowest BCUT2D eigenvalue weighted by Crippen LogP contribution is -2.57. The summed E-state index contributed by atoms with van der Waals surface area (Å²) in [7, 11) is 1.73. The Morgan fingerprint density at radius 3 is 2.81 bits per heavy atom. The summed E-state index contributed by atoms with van der Waals surface area (Å²) >= 11 is 0. The summed E-state index contributed by atoms with van der Waals surface area (Å²) in [5.41, 5.74) is 1.68. The van der Waals surface area contributed by atoms with E-state index in [-0.39, 0.29) is 16.6 Å². The molecule has 1 aromatic carbocycles. The highest BCUT2D eigenvalue weighted by Gasteiger charge is 2.68. The zero-order valence-corrected chi connectivity index (χ0v) is 15.8. The number of allylic oxidation sites excluding steroid dienone is 1. The van der Waals surface area contributed by atoms with E-state index >= 15 is 0 Å². The maximum atomic E-state index is 12.4. The first-order chi connectivity index (χ1) is 12.4. The molecule has 26 heavy (non-hydrogen) atoms. The van der Waals surface area contributed by atoms with Crippen LogP contribution in [-0.2, 0) is 11.2 Å². The van der Waals surface area contributed by atoms with Gasteiger partial charge in [0, 0.05) is 23.7 Å². The van der Waals surface area contributed by atoms with Crippen LogP contribution in [0.3, 0.4) is 0 Å². The maximum absolute atomic E-state index is 12.4. The van der Waals surface area contributed by atoms with E-state index in [1.54, 1.807) is 7.11 Å². The third-order valence-electron chi connectivity index (χ3n) is 8.50. The molecule has 0 radical (unpaired) electrons. The van der Waals surface area contributed by atoms with E-state index in [9.17, 15) is 9.90 Å². The lowest BCUT2D eigenvalue weighted by molar-refractivity contribution is -0.139. The summed E-state index contributed by atoms with van der Waals surface area (Å²) in [5.74, 6) is 2.21. The van der Waals surface area contributed by atoms with Crippen molar-refractivity contribution in [3.63, 3.8) is 0 Å². The van der Waals surface area contributed by atoms with Crippen LogP contribution < -0.4 is 4.74 Å². The predicted molar refractivity (Wildman–Crippen MR) is 100 cm³/mol. The van der Waals surface area contributed by atoms with Gasteiger partial charge in [-0.15, -0.1) is 0 Å². The first-order valence-electron chi connectivity index (χ1n) is 10.0. The minimum atomic E-state index is -0.953. The van der Waals surface area contributed by atoms with Crippen molar-refractivity contribution in [2.24, 2.45) is 16.7 Å². The number of ether oxygens (including phenoxy) is 1. The number of hydrogen-bond acceptors (Lipinski definition) is 3. The Morgan fingerprint density at radius 1 is 1.15 bits per heavy atom. The van der Waals surface area contributed by atoms with Gasteiger partial charge in [0.1, 0.15) is 11.5 Å². The van der Waals surface area contributed by atoms with Crippen LogP contribution in [0, 0.1) is 16.7 Å². The van der Waals surface area contributed by atoms with E-state index in [4.69, 9.17) is 4.74 Å². The molecule has 0 aromatic heterocycles. The van der Waals surface area contributed by atoms with Crippen LogP contribution in [0.1, 0.15) is 62.5 Å². The van der Waals surface area contributed by atoms with E-state index < -0.39 is 5.60 Å². The number of benzene rings is 1. The Morgan fingerprint density at radius 2 is 2.00 bits per heavy atom. The maximum Gasteiger partial charge on any atom is 0.136 e. The first-order valence-corrected chi connectivity index (χ1v) is 10.0. The summed E-state index contributed by atoms with van der Waals surface area (Å²) in [6.07, 6.45) is 10.4. The highest BCUT2D eigenvalue weighted by atomic mass is 16.5. The second-order valence-corrected chi connectivity index (χ2v) is 9.20. The van der Waals surface area contributed by atoms with Gasteiger partial charge in [-0.25, -0.2) is 0 Å². The van der Waals surface area contributed by atoms with Gasteiger partial charge >= 0.3 is 0 Å². The number of fused-ring (bicyclic) bond motifs is 3. The van der Waals surface area contributed by atoms with Crippen LogP contribution in [0.15, 0.2) is 30.4 Å². The Labute approximate surface area is 155 Å². The standard InChI is InChI=1S/C23H28O3/c1-21-9-8-19-18-5-4-17(26-2)13-15(18)3-6-20(19)22(21)10-7-16(24)14-23(21,25)12-11-22/h4-5,11-13,19-20,25H,3,6-10,14H2,1-2H3/t19-,20-,21+,22-,23+/m1/s1. The number of methoxy groups -OCH3 is 1. The zero-order valence-electron chi connectivity index (χ0n) is 15.8. The average Bonchev–Trinajstić information content (AvgIpc) is 2.81. The van der Waals surface area contributed by atoms with Gasteiger partial charge in [0.15, 0.2) is 0 Å². The molecule has 0 aliphatic heterocycles. The third kappa shape index (κ3) is 1.85. The quantitative estimate of drug-likeness (QED) is 0.771. The second kappa shape index (κ2) is 5.22. The molecule has 1 aromatic rings. The SMILES string of the molecule is COc1ccc2c(c1)CC[C@@H]1[C@@H]2CC[C@@]2(C)[C@]13C=C[C@]2(O)CC(=O)CC3. The Kier molecular flexibility index (Phi) is 3.32. The molecule has 3 nitrogen and oxygen atoms in total. The fourth-order valence-electron chi connectivity index (χ4n) is 7.01. The number of carbonyl (C=O) groups is 1. The van der Waals surface area contributed by atoms with E-state index in [0.29, 0.717) is 24.7 Å². The molecule has 5 atom stereocenters. The lowest BCUT2D eigenvalue weighted by Gasteiger charge is -2.60. The molecule has 0 heterocycles. The fraction of sp³-hybridized carbons (Fsp3) is 0.609. The van der Waals surface area contributed by atoms with Gasteiger partial charge in [-0.05, 0) is 67.2 Å². The molecule has 2 bridgehead atoms. The van der Waals surface area contributed by atoms with Crippen LogP contribution in [0.5, 0.6) is 5.75 Å². The summed E-state index contributed by atoms with van der Waals surface area (Å²) in [6.45, 7) is 2.26. The molecule has 0 spiro atoms. The van der Waals surface area contributed by atoms with Crippen molar-refractivity contribution in [2.45, 2.75) is 63.4 Å². The monoisotopic (exact) mass is 352 g/mol. The van der Waals surface area contributed by atoms with Crippen LogP contribution in [0.4, 0.5) is 0 Å². The molecule has 2 saturated carbocycles. The number of aliphatic hydroxyl groups is 1. The average molecular weight is 352 g/mol. The molecule has 138 valence electrons. The van der Waals surface area contributed by atoms with Gasteiger partial charge in [-0.3, -0.25) is 4.79 Å². The number of carbonyl (C=O) groups excluding carboxylic acids is 1. The van der Waals surface area contributed by atoms with Crippen molar-refractivity contribution >= 4 is 5.78 Å². The largest absolute Gasteiger partial charge is 0.497 e. The topological polar surface area (TPSA) is 46.5 Å². The minimum Gasteiger partial charge on any atom is -0.497 e. The normalized spacial score (nSPS) is 43.3. The molecule has 0 amide bonds. The molecule has 0 unspecified atom stereocenters. The number of Topliss-reactive ketones (excluding diaryl/α,β-unsaturated/α-hetero) is 1. The molecule has 4 aliphatic rings. The van der Waals surface area contributed by atoms with Gasteiger partial charge in [0.25, 0.3) is 0 Å². The van der Waals surface area contributed by atoms with Crippen molar-refractivity contribution in [1.29, 1.82) is 0 Å². The van der Waals surface area contributed by atoms with Gasteiger partial charge in [0.2, 0.25) is 0 Å². The van der Waals surface area contributed by atoms with Gasteiger partial charge in [-0.2, -0.15) is 0 Å². The molecule has 0 saturated heterocycles. The zero-order chi connectivity index (χ0) is 18.2. The van der Waals surface area contributed by atoms with Crippen molar-refractivity contribution in [2.75, 3.05) is 7.11 Å². The van der Waals surface area contributed by atoms with Crippen LogP contribution >= 0.6 is 0 Å². The van der Waals surface area contributed by atoms with Crippen molar-refractivity contribution in [3.05, 3.63) is 41.5 Å². The van der Waals surface area contributed by atoms with Crippen LogP contribution in [0.25, 0.3) is 0 Å². The van der Waals surface area contributed by atoms with Gasteiger partial charge < -0.3 is 9.84 Å². The van der Waals surface area contributed by atoms with Crippen molar-refractivity contribution in [3.8, 4) is 5.75 Å². The van der Waals surface area contributed by atoms with Gasteiger partial charge in [-0.1, -0.05) is 25.1 Å². The van der Waals surface area contributed by atoms with E-state index in [0.717, 1.165) is 37.9 Å². The summed E-state index contributed by atoms with van der Waals surface area (Å²) in [5, 5.41) is 11.5. The number of rotatable bonds is 1. The van der Waals surface area contributed by atoms with Crippen LogP contribution in [-0.4, -0.2) is 23.6 Å². The van der Waals surface area contributed by atoms with Gasteiger partial charge in [0.05, 0.1) is 12.7 Å². The smallest absolute Gasteiger partial charge is 0.136 e. The molecular formula is C23H28O3. The molecule has 4 aliphatic carbocycles. The summed E-state index contributed by atoms with van der Waals surface area (Å²) in [6, 6.07) is 6.55. The second-order valence-electron chi connectivity index (χ2n) is 9.20. The summed E-state index contributed by atoms with van der Waals surface area (Å²) < 4.78 is 5.43. The van der Waals surface area contributed by atoms with E-state index in [1.165, 1.54) is 11.1 Å². The Hall–Kier alpha value is -1.61. The third-order valence-corrected chi connectivity index (χ3v) is 8.50. The number of aryl methyl sites for hydroxylation is 1. The Balaban J connectivity index is 1.61. The van der Waals surface area contributed by atoms with E-state index in [2.05, 4.69) is 31.2 Å². The highest BCUT2D eigenvalue weighted by molar-refractivity contribution is 5.81. The number of ketones is 1. The molecule has 3 heteroatoms. The highest BCUT2D eigenvalue weighted by Crippen LogP contribution is 2.71.